The Labute approximate surface area is 316 Å². The van der Waals surface area contributed by atoms with E-state index in [9.17, 15) is 19.2 Å². The minimum Gasteiger partial charge on any atom is -0.481 e. The molecule has 0 bridgehead atoms. The molecule has 16 nitrogen and oxygen atoms in total. The highest BCUT2D eigenvalue weighted by Crippen LogP contribution is 2.10. The topological polar surface area (TPSA) is 196 Å². The fourth-order valence-corrected chi connectivity index (χ4v) is 4.35. The number of Topliss-reactive ketones (excluding diaryl/α,β-unsaturated/α-hetero) is 1. The standard InChI is InChI=1S/C37H70N2O14/c1-31(2)8-9-35(41)39-33(37(44)32(3)4)7-5-6-12-38-34(40)10-13-45-15-17-47-19-21-49-23-25-51-27-29-53-30-28-52-26-24-50-22-20-48-18-16-46-14-11-36(42)43/h31-33H,5-30H2,1-4H3,(H,38,40)(H,39,41)(H,42,43)/t33-/m1/s1. The zero-order valence-electron chi connectivity index (χ0n) is 32.9. The number of ketones is 1. The van der Waals surface area contributed by atoms with Crippen LogP contribution in [0.25, 0.3) is 0 Å². The Morgan fingerprint density at radius 2 is 0.849 bits per heavy atom. The van der Waals surface area contributed by atoms with Crippen LogP contribution in [0.2, 0.25) is 0 Å². The number of amides is 2. The number of carbonyl (C=O) groups is 4. The van der Waals surface area contributed by atoms with Gasteiger partial charge in [0.05, 0.1) is 131 Å². The second kappa shape index (κ2) is 38.0. The van der Waals surface area contributed by atoms with E-state index in [1.165, 1.54) is 0 Å². The Kier molecular flexibility index (Phi) is 36.4. The summed E-state index contributed by atoms with van der Waals surface area (Å²) in [7, 11) is 0. The number of carboxylic acids is 1. The molecule has 0 saturated heterocycles. The van der Waals surface area contributed by atoms with Crippen LogP contribution < -0.4 is 10.6 Å². The molecule has 0 aromatic heterocycles. The summed E-state index contributed by atoms with van der Waals surface area (Å²) >= 11 is 0. The van der Waals surface area contributed by atoms with Crippen LogP contribution in [0.5, 0.6) is 0 Å². The van der Waals surface area contributed by atoms with E-state index >= 15 is 0 Å². The van der Waals surface area contributed by atoms with Gasteiger partial charge in [0.1, 0.15) is 0 Å². The Hall–Kier alpha value is -2.28. The fourth-order valence-electron chi connectivity index (χ4n) is 4.35. The first kappa shape index (κ1) is 50.7. The van der Waals surface area contributed by atoms with E-state index in [2.05, 4.69) is 24.5 Å². The van der Waals surface area contributed by atoms with Gasteiger partial charge in [-0.05, 0) is 31.6 Å². The molecule has 0 rings (SSSR count). The first-order valence-corrected chi connectivity index (χ1v) is 19.1. The van der Waals surface area contributed by atoms with Gasteiger partial charge in [-0.3, -0.25) is 19.2 Å². The van der Waals surface area contributed by atoms with Crippen LogP contribution in [0.4, 0.5) is 0 Å². The lowest BCUT2D eigenvalue weighted by molar-refractivity contribution is -0.138. The number of unbranched alkanes of at least 4 members (excludes halogenated alkanes) is 1. The van der Waals surface area contributed by atoms with Crippen LogP contribution in [0.15, 0.2) is 0 Å². The summed E-state index contributed by atoms with van der Waals surface area (Å²) in [5, 5.41) is 14.3. The smallest absolute Gasteiger partial charge is 0.305 e. The average Bonchev–Trinajstić information content (AvgIpc) is 3.12. The Balaban J connectivity index is 3.42. The van der Waals surface area contributed by atoms with E-state index in [1.54, 1.807) is 0 Å². The summed E-state index contributed by atoms with van der Waals surface area (Å²) in [4.78, 5) is 47.2. The van der Waals surface area contributed by atoms with Crippen LogP contribution in [0.1, 0.15) is 72.6 Å². The second-order valence-electron chi connectivity index (χ2n) is 12.9. The number of hydrogen-bond donors (Lipinski definition) is 3. The summed E-state index contributed by atoms with van der Waals surface area (Å²) < 4.78 is 48.6. The number of nitrogens with one attached hydrogen (secondary N) is 2. The molecule has 312 valence electrons. The fraction of sp³-hybridized carbons (Fsp3) is 0.892. The molecule has 2 amide bonds. The van der Waals surface area contributed by atoms with Gasteiger partial charge in [-0.1, -0.05) is 27.7 Å². The molecule has 0 unspecified atom stereocenters. The van der Waals surface area contributed by atoms with E-state index < -0.39 is 12.0 Å². The summed E-state index contributed by atoms with van der Waals surface area (Å²) in [6.07, 6.45) is 3.47. The quantitative estimate of drug-likeness (QED) is 0.0768. The molecule has 53 heavy (non-hydrogen) atoms. The van der Waals surface area contributed by atoms with Crippen molar-refractivity contribution >= 4 is 23.6 Å². The predicted octanol–water partition coefficient (Wildman–Crippen LogP) is 2.43. The van der Waals surface area contributed by atoms with Crippen LogP contribution in [-0.2, 0) is 61.8 Å². The molecule has 0 aliphatic carbocycles. The highest BCUT2D eigenvalue weighted by molar-refractivity contribution is 5.90. The van der Waals surface area contributed by atoms with Crippen molar-refractivity contribution in [2.24, 2.45) is 11.8 Å². The summed E-state index contributed by atoms with van der Waals surface area (Å²) in [5.41, 5.74) is 0. The average molecular weight is 767 g/mol. The molecule has 0 aliphatic rings. The van der Waals surface area contributed by atoms with E-state index in [1.807, 2.05) is 13.8 Å². The first-order valence-electron chi connectivity index (χ1n) is 19.1. The van der Waals surface area contributed by atoms with E-state index in [0.29, 0.717) is 138 Å². The van der Waals surface area contributed by atoms with Crippen LogP contribution >= 0.6 is 0 Å². The van der Waals surface area contributed by atoms with Crippen molar-refractivity contribution < 1.29 is 66.9 Å². The van der Waals surface area contributed by atoms with Gasteiger partial charge in [-0.15, -0.1) is 0 Å². The normalized spacial score (nSPS) is 12.0. The molecule has 16 heteroatoms. The van der Waals surface area contributed by atoms with Gasteiger partial charge < -0.3 is 58.4 Å². The highest BCUT2D eigenvalue weighted by atomic mass is 16.6. The third-order valence-electron chi connectivity index (χ3n) is 7.35. The third kappa shape index (κ3) is 37.8. The Morgan fingerprint density at radius 1 is 0.472 bits per heavy atom. The maximum atomic E-state index is 12.5. The highest BCUT2D eigenvalue weighted by Gasteiger charge is 2.22. The number of carboxylic acid groups (broad SMARTS) is 1. The van der Waals surface area contributed by atoms with E-state index in [-0.39, 0.29) is 43.0 Å². The maximum absolute atomic E-state index is 12.5. The molecule has 0 heterocycles. The molecule has 0 radical (unpaired) electrons. The van der Waals surface area contributed by atoms with Crippen LogP contribution in [0, 0.1) is 11.8 Å². The van der Waals surface area contributed by atoms with Crippen LogP contribution in [-0.4, -0.2) is 160 Å². The Morgan fingerprint density at radius 3 is 1.21 bits per heavy atom. The van der Waals surface area contributed by atoms with E-state index in [4.69, 9.17) is 47.7 Å². The zero-order valence-corrected chi connectivity index (χ0v) is 32.9. The van der Waals surface area contributed by atoms with Crippen molar-refractivity contribution in [2.45, 2.75) is 78.7 Å². The number of hydrogen-bond acceptors (Lipinski definition) is 13. The molecular weight excluding hydrogens is 696 g/mol. The monoisotopic (exact) mass is 766 g/mol. The minimum absolute atomic E-state index is 0.0112. The van der Waals surface area contributed by atoms with Crippen molar-refractivity contribution in [2.75, 3.05) is 125 Å². The van der Waals surface area contributed by atoms with Crippen molar-refractivity contribution in [1.82, 2.24) is 10.6 Å². The minimum atomic E-state index is -0.882. The SMILES string of the molecule is CC(C)CCC(=O)N[C@H](CCCCNC(=O)CCOCCOCCOCCOCCOCCOCCOCCOCCOCCC(=O)O)C(=O)C(C)C. The van der Waals surface area contributed by atoms with Gasteiger partial charge in [0, 0.05) is 25.3 Å². The molecule has 0 fully saturated rings. The van der Waals surface area contributed by atoms with Gasteiger partial charge in [0.2, 0.25) is 11.8 Å². The van der Waals surface area contributed by atoms with Gasteiger partial charge >= 0.3 is 5.97 Å². The van der Waals surface area contributed by atoms with Gasteiger partial charge in [0.15, 0.2) is 5.78 Å². The van der Waals surface area contributed by atoms with Crippen molar-refractivity contribution in [1.29, 1.82) is 0 Å². The van der Waals surface area contributed by atoms with E-state index in [0.717, 1.165) is 19.3 Å². The van der Waals surface area contributed by atoms with Crippen molar-refractivity contribution in [3.05, 3.63) is 0 Å². The van der Waals surface area contributed by atoms with Gasteiger partial charge in [0.25, 0.3) is 0 Å². The third-order valence-corrected chi connectivity index (χ3v) is 7.35. The van der Waals surface area contributed by atoms with Crippen molar-refractivity contribution in [3.8, 4) is 0 Å². The molecule has 1 atom stereocenters. The number of rotatable bonds is 41. The second-order valence-corrected chi connectivity index (χ2v) is 12.9. The lowest BCUT2D eigenvalue weighted by atomic mass is 9.96. The van der Waals surface area contributed by atoms with Gasteiger partial charge in [-0.25, -0.2) is 0 Å². The van der Waals surface area contributed by atoms with Gasteiger partial charge in [-0.2, -0.15) is 0 Å². The maximum Gasteiger partial charge on any atom is 0.305 e. The summed E-state index contributed by atoms with van der Waals surface area (Å²) in [5.74, 6) is -0.730. The largest absolute Gasteiger partial charge is 0.481 e. The molecule has 3 N–H and O–H groups in total. The number of carbonyl (C=O) groups excluding carboxylic acids is 3. The lowest BCUT2D eigenvalue weighted by Gasteiger charge is -2.20. The number of aliphatic carboxylic acids is 1. The molecule has 0 aromatic carbocycles. The van der Waals surface area contributed by atoms with Crippen molar-refractivity contribution in [3.63, 3.8) is 0 Å². The first-order chi connectivity index (χ1) is 25.6. The summed E-state index contributed by atoms with van der Waals surface area (Å²) in [6.45, 7) is 15.8. The lowest BCUT2D eigenvalue weighted by Crippen LogP contribution is -2.42. The molecule has 0 aromatic rings. The molecule has 0 spiro atoms. The zero-order chi connectivity index (χ0) is 39.2. The predicted molar refractivity (Wildman–Crippen MR) is 197 cm³/mol. The number of ether oxygens (including phenoxy) is 9. The Bertz CT molecular complexity index is 894. The summed E-state index contributed by atoms with van der Waals surface area (Å²) in [6, 6.07) is -0.479. The molecular formula is C37H70N2O14. The molecule has 0 saturated carbocycles. The van der Waals surface area contributed by atoms with Crippen LogP contribution in [0.3, 0.4) is 0 Å². The molecule has 0 aliphatic heterocycles.